The van der Waals surface area contributed by atoms with Crippen molar-refractivity contribution >= 4 is 28.2 Å². The highest BCUT2D eigenvalue weighted by Crippen LogP contribution is 2.25. The van der Waals surface area contributed by atoms with Gasteiger partial charge in [0, 0.05) is 30.1 Å². The number of anilines is 1. The number of aryl methyl sites for hydroxylation is 1. The molecule has 6 heteroatoms. The molecular formula is C12H13ClN4O. The Morgan fingerprint density at radius 1 is 1.22 bits per heavy atom. The molecule has 0 aromatic carbocycles. The van der Waals surface area contributed by atoms with Crippen LogP contribution < -0.4 is 4.90 Å². The Kier molecular flexibility index (Phi) is 3.01. The SMILES string of the molecule is Cc1nnc(Cl)c2cc(N3CCOCC3)ncc12. The zero-order valence-corrected chi connectivity index (χ0v) is 10.8. The summed E-state index contributed by atoms with van der Waals surface area (Å²) in [6.45, 7) is 5.09. The van der Waals surface area contributed by atoms with E-state index < -0.39 is 0 Å². The fourth-order valence-electron chi connectivity index (χ4n) is 2.10. The minimum atomic E-state index is 0.424. The summed E-state index contributed by atoms with van der Waals surface area (Å²) in [5, 5.41) is 10.2. The first-order valence-electron chi connectivity index (χ1n) is 5.87. The Balaban J connectivity index is 2.07. The first kappa shape index (κ1) is 11.6. The lowest BCUT2D eigenvalue weighted by atomic mass is 10.2. The minimum Gasteiger partial charge on any atom is -0.378 e. The van der Waals surface area contributed by atoms with Crippen molar-refractivity contribution in [3.63, 3.8) is 0 Å². The van der Waals surface area contributed by atoms with Crippen LogP contribution in [0, 0.1) is 6.92 Å². The molecule has 1 fully saturated rings. The van der Waals surface area contributed by atoms with Crippen molar-refractivity contribution < 1.29 is 4.74 Å². The van der Waals surface area contributed by atoms with Crippen LogP contribution in [0.25, 0.3) is 10.8 Å². The van der Waals surface area contributed by atoms with Crippen molar-refractivity contribution in [2.24, 2.45) is 0 Å². The van der Waals surface area contributed by atoms with Gasteiger partial charge in [-0.2, -0.15) is 5.10 Å². The van der Waals surface area contributed by atoms with Gasteiger partial charge in [-0.05, 0) is 13.0 Å². The summed E-state index contributed by atoms with van der Waals surface area (Å²) < 4.78 is 5.33. The monoisotopic (exact) mass is 264 g/mol. The second-order valence-corrected chi connectivity index (χ2v) is 4.62. The quantitative estimate of drug-likeness (QED) is 0.786. The van der Waals surface area contributed by atoms with Crippen LogP contribution in [0.1, 0.15) is 5.69 Å². The van der Waals surface area contributed by atoms with E-state index >= 15 is 0 Å². The molecule has 0 radical (unpaired) electrons. The summed E-state index contributed by atoms with van der Waals surface area (Å²) in [5.74, 6) is 0.917. The van der Waals surface area contributed by atoms with Crippen LogP contribution >= 0.6 is 11.6 Å². The fourth-order valence-corrected chi connectivity index (χ4v) is 2.29. The molecule has 0 N–H and O–H groups in total. The molecule has 94 valence electrons. The van der Waals surface area contributed by atoms with Gasteiger partial charge in [-0.3, -0.25) is 0 Å². The highest BCUT2D eigenvalue weighted by molar-refractivity contribution is 6.34. The van der Waals surface area contributed by atoms with Gasteiger partial charge in [-0.15, -0.1) is 5.10 Å². The molecule has 0 aliphatic carbocycles. The van der Waals surface area contributed by atoms with Crippen LogP contribution in [0.3, 0.4) is 0 Å². The number of fused-ring (bicyclic) bond motifs is 1. The summed E-state index contributed by atoms with van der Waals surface area (Å²) in [7, 11) is 0. The summed E-state index contributed by atoms with van der Waals surface area (Å²) in [5.41, 5.74) is 0.843. The van der Waals surface area contributed by atoms with E-state index in [-0.39, 0.29) is 0 Å². The number of morpholine rings is 1. The zero-order valence-electron chi connectivity index (χ0n) is 10.1. The Labute approximate surface area is 110 Å². The van der Waals surface area contributed by atoms with Crippen molar-refractivity contribution in [1.82, 2.24) is 15.2 Å². The van der Waals surface area contributed by atoms with Crippen molar-refractivity contribution in [2.75, 3.05) is 31.2 Å². The van der Waals surface area contributed by atoms with Gasteiger partial charge in [-0.25, -0.2) is 4.98 Å². The summed E-state index contributed by atoms with van der Waals surface area (Å²) in [4.78, 5) is 6.67. The molecule has 0 bridgehead atoms. The molecule has 0 saturated carbocycles. The van der Waals surface area contributed by atoms with Gasteiger partial charge < -0.3 is 9.64 Å². The average molecular weight is 265 g/mol. The summed E-state index contributed by atoms with van der Waals surface area (Å²) >= 11 is 6.10. The van der Waals surface area contributed by atoms with Crippen LogP contribution in [-0.2, 0) is 4.74 Å². The molecule has 0 atom stereocenters. The molecule has 1 saturated heterocycles. The van der Waals surface area contributed by atoms with E-state index in [9.17, 15) is 0 Å². The number of pyridine rings is 1. The molecule has 0 spiro atoms. The Hall–Kier alpha value is -1.46. The van der Waals surface area contributed by atoms with Crippen LogP contribution in [0.15, 0.2) is 12.3 Å². The van der Waals surface area contributed by atoms with Crippen molar-refractivity contribution in [1.29, 1.82) is 0 Å². The van der Waals surface area contributed by atoms with Crippen LogP contribution in [0.5, 0.6) is 0 Å². The van der Waals surface area contributed by atoms with Gasteiger partial charge in [0.25, 0.3) is 0 Å². The molecular weight excluding hydrogens is 252 g/mol. The van der Waals surface area contributed by atoms with Crippen molar-refractivity contribution in [3.05, 3.63) is 23.1 Å². The molecule has 3 rings (SSSR count). The molecule has 2 aromatic rings. The highest BCUT2D eigenvalue weighted by Gasteiger charge is 2.14. The van der Waals surface area contributed by atoms with Crippen LogP contribution in [0.4, 0.5) is 5.82 Å². The third-order valence-corrected chi connectivity index (χ3v) is 3.40. The third kappa shape index (κ3) is 2.00. The molecule has 5 nitrogen and oxygen atoms in total. The maximum absolute atomic E-state index is 6.10. The van der Waals surface area contributed by atoms with E-state index in [0.29, 0.717) is 5.15 Å². The van der Waals surface area contributed by atoms with Crippen molar-refractivity contribution in [3.8, 4) is 0 Å². The largest absolute Gasteiger partial charge is 0.378 e. The predicted octanol–water partition coefficient (Wildman–Crippen LogP) is 1.82. The molecule has 0 unspecified atom stereocenters. The van der Waals surface area contributed by atoms with Gasteiger partial charge in [0.1, 0.15) is 5.82 Å². The lowest BCUT2D eigenvalue weighted by Gasteiger charge is -2.27. The highest BCUT2D eigenvalue weighted by atomic mass is 35.5. The molecule has 1 aliphatic rings. The van der Waals surface area contributed by atoms with Gasteiger partial charge in [-0.1, -0.05) is 11.6 Å². The smallest absolute Gasteiger partial charge is 0.159 e. The number of ether oxygens (including phenoxy) is 1. The summed E-state index contributed by atoms with van der Waals surface area (Å²) in [6.07, 6.45) is 1.82. The molecule has 2 aromatic heterocycles. The topological polar surface area (TPSA) is 51.1 Å². The fraction of sp³-hybridized carbons (Fsp3) is 0.417. The van der Waals surface area contributed by atoms with Crippen molar-refractivity contribution in [2.45, 2.75) is 6.92 Å². The lowest BCUT2D eigenvalue weighted by molar-refractivity contribution is 0.122. The number of nitrogens with zero attached hydrogens (tertiary/aromatic N) is 4. The Morgan fingerprint density at radius 3 is 2.78 bits per heavy atom. The molecule has 3 heterocycles. The van der Waals surface area contributed by atoms with Gasteiger partial charge in [0.15, 0.2) is 5.15 Å². The zero-order chi connectivity index (χ0) is 12.5. The number of halogens is 1. The molecule has 0 amide bonds. The standard InChI is InChI=1S/C12H13ClN4O/c1-8-10-7-14-11(17-2-4-18-5-3-17)6-9(10)12(13)16-15-8/h6-7H,2-5H2,1H3. The van der Waals surface area contributed by atoms with E-state index in [1.165, 1.54) is 0 Å². The first-order valence-corrected chi connectivity index (χ1v) is 6.25. The number of rotatable bonds is 1. The van der Waals surface area contributed by atoms with E-state index in [1.54, 1.807) is 0 Å². The van der Waals surface area contributed by atoms with Gasteiger partial charge >= 0.3 is 0 Å². The van der Waals surface area contributed by atoms with E-state index in [1.807, 2.05) is 19.2 Å². The maximum Gasteiger partial charge on any atom is 0.159 e. The van der Waals surface area contributed by atoms with Gasteiger partial charge in [0.2, 0.25) is 0 Å². The normalized spacial score (nSPS) is 16.2. The van der Waals surface area contributed by atoms with E-state index in [4.69, 9.17) is 16.3 Å². The predicted molar refractivity (Wildman–Crippen MR) is 70.1 cm³/mol. The van der Waals surface area contributed by atoms with E-state index in [2.05, 4.69) is 20.1 Å². The molecule has 18 heavy (non-hydrogen) atoms. The Morgan fingerprint density at radius 2 is 2.00 bits per heavy atom. The van der Waals surface area contributed by atoms with Crippen LogP contribution in [0.2, 0.25) is 5.15 Å². The molecule has 1 aliphatic heterocycles. The first-order chi connectivity index (χ1) is 8.75. The second kappa shape index (κ2) is 4.66. The average Bonchev–Trinajstić information content (AvgIpc) is 2.44. The Bertz CT molecular complexity index is 584. The van der Waals surface area contributed by atoms with Crippen LogP contribution in [-0.4, -0.2) is 41.5 Å². The van der Waals surface area contributed by atoms with E-state index in [0.717, 1.165) is 48.6 Å². The third-order valence-electron chi connectivity index (χ3n) is 3.12. The lowest BCUT2D eigenvalue weighted by Crippen LogP contribution is -2.36. The number of aromatic nitrogens is 3. The number of hydrogen-bond donors (Lipinski definition) is 0. The maximum atomic E-state index is 6.10. The minimum absolute atomic E-state index is 0.424. The van der Waals surface area contributed by atoms with Gasteiger partial charge in [0.05, 0.1) is 18.9 Å². The number of hydrogen-bond acceptors (Lipinski definition) is 5. The summed E-state index contributed by atoms with van der Waals surface area (Å²) in [6, 6.07) is 1.98. The second-order valence-electron chi connectivity index (χ2n) is 4.26.